The van der Waals surface area contributed by atoms with Crippen LogP contribution in [0.2, 0.25) is 0 Å². The average Bonchev–Trinajstić information content (AvgIpc) is 3.16. The summed E-state index contributed by atoms with van der Waals surface area (Å²) < 4.78 is 22.3. The van der Waals surface area contributed by atoms with Gasteiger partial charge in [-0.2, -0.15) is 0 Å². The zero-order valence-corrected chi connectivity index (χ0v) is 24.3. The van der Waals surface area contributed by atoms with Crippen LogP contribution in [0.1, 0.15) is 76.7 Å². The lowest BCUT2D eigenvalue weighted by molar-refractivity contribution is -0.319. The molecule has 1 aromatic rings. The number of Topliss-reactive ketones (excluding diaryl/α,β-unsaturated/α-hetero) is 1. The number of methoxy groups -OCH3 is 1. The molecule has 11 heteroatoms. The number of carbonyl (C=O) groups excluding carboxylic acids is 2. The van der Waals surface area contributed by atoms with Crippen molar-refractivity contribution < 1.29 is 48.6 Å². The highest BCUT2D eigenvalue weighted by molar-refractivity contribution is 5.91. The lowest BCUT2D eigenvalue weighted by Gasteiger charge is -2.65. The molecule has 5 fully saturated rings. The number of ether oxygens (including phenoxy) is 3. The van der Waals surface area contributed by atoms with Crippen LogP contribution >= 0.6 is 0 Å². The fraction of sp³-hybridized carbons (Fsp3) is 0.774. The van der Waals surface area contributed by atoms with Gasteiger partial charge in [0.15, 0.2) is 6.29 Å². The van der Waals surface area contributed by atoms with E-state index in [1.54, 1.807) is 13.0 Å². The van der Waals surface area contributed by atoms with Crippen LogP contribution in [0.4, 0.5) is 0 Å². The molecule has 1 aliphatic heterocycles. The Morgan fingerprint density at radius 2 is 1.76 bits per heavy atom. The van der Waals surface area contributed by atoms with Crippen LogP contribution in [0.25, 0.3) is 0 Å². The molecule has 2 heterocycles. The van der Waals surface area contributed by atoms with Gasteiger partial charge in [0.1, 0.15) is 30.4 Å². The molecule has 5 aliphatic rings. The number of aliphatic hydroxyl groups is 4. The Labute approximate surface area is 244 Å². The predicted molar refractivity (Wildman–Crippen MR) is 145 cm³/mol. The fourth-order valence-electron chi connectivity index (χ4n) is 9.73. The van der Waals surface area contributed by atoms with Crippen LogP contribution < -0.4 is 5.63 Å². The number of ketones is 1. The molecule has 4 aliphatic carbocycles. The number of hydrogen-bond acceptors (Lipinski definition) is 11. The Morgan fingerprint density at radius 3 is 2.43 bits per heavy atom. The van der Waals surface area contributed by atoms with Crippen molar-refractivity contribution in [1.82, 2.24) is 0 Å². The van der Waals surface area contributed by atoms with E-state index < -0.39 is 70.4 Å². The smallest absolute Gasteiger partial charge is 0.335 e. The summed E-state index contributed by atoms with van der Waals surface area (Å²) in [6.45, 7) is 3.59. The third-order valence-electron chi connectivity index (χ3n) is 12.0. The second-order valence-electron chi connectivity index (χ2n) is 13.7. The number of fused-ring (bicyclic) bond motifs is 5. The summed E-state index contributed by atoms with van der Waals surface area (Å²) in [6, 6.07) is 2.88. The van der Waals surface area contributed by atoms with Gasteiger partial charge in [0.05, 0.1) is 41.0 Å². The van der Waals surface area contributed by atoms with Crippen molar-refractivity contribution in [3.8, 4) is 0 Å². The molecule has 4 N–H and O–H groups in total. The molecular formula is C31H42O11. The van der Waals surface area contributed by atoms with Gasteiger partial charge in [-0.05, 0) is 68.9 Å². The third-order valence-corrected chi connectivity index (χ3v) is 12.0. The van der Waals surface area contributed by atoms with Crippen molar-refractivity contribution in [1.29, 1.82) is 0 Å². The second kappa shape index (κ2) is 10.3. The SMILES string of the molecule is CO[C@@H]1[C@@H](O)[C@H](O[C@H]2CC[C@]3(C=O)[C@H]4CC[C@]5(C)[C@@H](c6ccc(=O)oc6)C(=O)C[C@]5(O)[C@@H]4CC[C@]3(O)C2)O[C@H](C)[C@H]1O. The van der Waals surface area contributed by atoms with E-state index in [9.17, 15) is 34.8 Å². The van der Waals surface area contributed by atoms with Crippen LogP contribution in [0.15, 0.2) is 27.6 Å². The minimum absolute atomic E-state index is 0.0603. The van der Waals surface area contributed by atoms with Gasteiger partial charge in [0.25, 0.3) is 0 Å². The molecule has 13 atom stereocenters. The van der Waals surface area contributed by atoms with Crippen molar-refractivity contribution in [2.45, 2.75) is 119 Å². The van der Waals surface area contributed by atoms with Gasteiger partial charge < -0.3 is 43.8 Å². The lowest BCUT2D eigenvalue weighted by atomic mass is 9.41. The van der Waals surface area contributed by atoms with Crippen molar-refractivity contribution in [2.75, 3.05) is 7.11 Å². The van der Waals surface area contributed by atoms with Gasteiger partial charge >= 0.3 is 5.63 Å². The van der Waals surface area contributed by atoms with Gasteiger partial charge in [0.2, 0.25) is 0 Å². The van der Waals surface area contributed by atoms with Crippen molar-refractivity contribution >= 4 is 12.1 Å². The molecular weight excluding hydrogens is 548 g/mol. The highest BCUT2D eigenvalue weighted by atomic mass is 16.7. The summed E-state index contributed by atoms with van der Waals surface area (Å²) in [5.74, 6) is -1.47. The van der Waals surface area contributed by atoms with Crippen molar-refractivity contribution in [2.24, 2.45) is 22.7 Å². The maximum absolute atomic E-state index is 13.5. The van der Waals surface area contributed by atoms with Crippen molar-refractivity contribution in [3.63, 3.8) is 0 Å². The van der Waals surface area contributed by atoms with E-state index in [2.05, 4.69) is 0 Å². The van der Waals surface area contributed by atoms with Crippen LogP contribution in [0.3, 0.4) is 0 Å². The molecule has 0 radical (unpaired) electrons. The summed E-state index contributed by atoms with van der Waals surface area (Å²) >= 11 is 0. The van der Waals surface area contributed by atoms with Gasteiger partial charge in [-0.3, -0.25) is 4.79 Å². The molecule has 0 amide bonds. The van der Waals surface area contributed by atoms with Crippen molar-refractivity contribution in [3.05, 3.63) is 34.4 Å². The molecule has 6 rings (SSSR count). The summed E-state index contributed by atoms with van der Waals surface area (Å²) in [5.41, 5.74) is -4.68. The van der Waals surface area contributed by atoms with E-state index in [4.69, 9.17) is 18.6 Å². The standard InChI is InChI=1S/C31H42O11/c1-16-24(35)26(39-3)25(36)27(41-16)42-18-6-10-29(15-32)19-7-9-28(2)23(17-4-5-22(34)40-14-17)21(33)13-31(28,38)20(19)8-11-30(29,37)12-18/h4-5,14-16,18-20,23-27,35-38H,6-13H2,1-3H3/t16-,18+,19+,20-,23+,24-,25-,26+,27+,28-,29+,30+,31+/m1/s1. The fourth-order valence-corrected chi connectivity index (χ4v) is 9.73. The second-order valence-corrected chi connectivity index (χ2v) is 13.7. The lowest BCUT2D eigenvalue weighted by Crippen LogP contribution is -2.69. The maximum Gasteiger partial charge on any atom is 0.335 e. The van der Waals surface area contributed by atoms with Gasteiger partial charge in [-0.15, -0.1) is 0 Å². The maximum atomic E-state index is 13.5. The quantitative estimate of drug-likeness (QED) is 0.287. The Hall–Kier alpha value is -1.99. The van der Waals surface area contributed by atoms with Crippen LogP contribution in [-0.2, 0) is 23.8 Å². The zero-order chi connectivity index (χ0) is 30.2. The Balaban J connectivity index is 1.25. The summed E-state index contributed by atoms with van der Waals surface area (Å²) in [4.78, 5) is 38.1. The molecule has 1 saturated heterocycles. The zero-order valence-electron chi connectivity index (χ0n) is 24.3. The Morgan fingerprint density at radius 1 is 1.02 bits per heavy atom. The normalized spacial score (nSPS) is 50.5. The first kappa shape index (κ1) is 30.1. The minimum Gasteiger partial charge on any atom is -0.431 e. The van der Waals surface area contributed by atoms with Crippen LogP contribution in [0.5, 0.6) is 0 Å². The summed E-state index contributed by atoms with van der Waals surface area (Å²) in [5, 5.41) is 45.6. The average molecular weight is 591 g/mol. The molecule has 11 nitrogen and oxygen atoms in total. The Bertz CT molecular complexity index is 1260. The molecule has 0 unspecified atom stereocenters. The first-order valence-electron chi connectivity index (χ1n) is 15.1. The van der Waals surface area contributed by atoms with E-state index in [0.717, 1.165) is 6.29 Å². The highest BCUT2D eigenvalue weighted by Gasteiger charge is 2.73. The molecule has 0 aromatic carbocycles. The largest absolute Gasteiger partial charge is 0.431 e. The topological polar surface area (TPSA) is 173 Å². The summed E-state index contributed by atoms with van der Waals surface area (Å²) in [7, 11) is 1.40. The van der Waals surface area contributed by atoms with E-state index in [-0.39, 0.29) is 36.9 Å². The number of hydrogen-bond donors (Lipinski definition) is 4. The molecule has 232 valence electrons. The van der Waals surface area contributed by atoms with E-state index in [1.165, 1.54) is 19.4 Å². The van der Waals surface area contributed by atoms with E-state index in [0.29, 0.717) is 37.7 Å². The molecule has 0 spiro atoms. The number of aldehydes is 1. The first-order valence-corrected chi connectivity index (χ1v) is 15.1. The van der Waals surface area contributed by atoms with E-state index >= 15 is 0 Å². The molecule has 1 aromatic heterocycles. The van der Waals surface area contributed by atoms with Gasteiger partial charge in [-0.25, -0.2) is 4.79 Å². The van der Waals surface area contributed by atoms with Gasteiger partial charge in [0, 0.05) is 31.4 Å². The van der Waals surface area contributed by atoms with Crippen LogP contribution in [0, 0.1) is 22.7 Å². The molecule has 42 heavy (non-hydrogen) atoms. The minimum atomic E-state index is -1.40. The van der Waals surface area contributed by atoms with E-state index in [1.807, 2.05) is 6.92 Å². The first-order chi connectivity index (χ1) is 19.8. The molecule has 4 saturated carbocycles. The number of carbonyl (C=O) groups is 2. The number of aliphatic hydroxyl groups excluding tert-OH is 2. The monoisotopic (exact) mass is 590 g/mol. The van der Waals surface area contributed by atoms with Crippen LogP contribution in [-0.4, -0.2) is 87.6 Å². The highest BCUT2D eigenvalue weighted by Crippen LogP contribution is 2.70. The van der Waals surface area contributed by atoms with Gasteiger partial charge in [-0.1, -0.05) is 6.92 Å². The number of rotatable bonds is 5. The third kappa shape index (κ3) is 4.08. The Kier molecular flexibility index (Phi) is 7.36. The molecule has 0 bridgehead atoms. The predicted octanol–water partition coefficient (Wildman–Crippen LogP) is 1.22. The summed E-state index contributed by atoms with van der Waals surface area (Å²) in [6.07, 6.45) is -0.670.